The quantitative estimate of drug-likeness (QED) is 0.428. The average molecular weight is 403 g/mol. The van der Waals surface area contributed by atoms with Crippen LogP contribution in [0, 0.1) is 5.92 Å². The predicted octanol–water partition coefficient (Wildman–Crippen LogP) is 6.40. The van der Waals surface area contributed by atoms with E-state index in [-0.39, 0.29) is 17.2 Å². The zero-order valence-electron chi connectivity index (χ0n) is 16.9. The molecule has 0 bridgehead atoms. The van der Waals surface area contributed by atoms with Crippen molar-refractivity contribution in [2.45, 2.75) is 11.8 Å². The number of nitrogens with one attached hydrogen (secondary N) is 1. The average Bonchev–Trinajstić information content (AvgIpc) is 3.50. The second-order valence-corrected chi connectivity index (χ2v) is 8.25. The van der Waals surface area contributed by atoms with Crippen LogP contribution in [-0.2, 0) is 10.2 Å². The fraction of sp³-hybridized carbons (Fsp3) is 0.107. The Morgan fingerprint density at radius 3 is 2.06 bits per heavy atom. The lowest BCUT2D eigenvalue weighted by Gasteiger charge is -2.14. The van der Waals surface area contributed by atoms with Crippen LogP contribution in [0.25, 0.3) is 11.1 Å². The number of rotatable bonds is 4. The van der Waals surface area contributed by atoms with Gasteiger partial charge in [-0.05, 0) is 52.9 Å². The van der Waals surface area contributed by atoms with Gasteiger partial charge in [0.1, 0.15) is 11.5 Å². The molecule has 2 aliphatic rings. The van der Waals surface area contributed by atoms with Gasteiger partial charge in [0, 0.05) is 17.2 Å². The van der Waals surface area contributed by atoms with Gasteiger partial charge in [0.05, 0.1) is 5.92 Å². The summed E-state index contributed by atoms with van der Waals surface area (Å²) in [5.74, 6) is 1.46. The van der Waals surface area contributed by atoms with Crippen LogP contribution < -0.4 is 10.1 Å². The molecule has 1 unspecified atom stereocenters. The minimum atomic E-state index is -0.199. The molecule has 150 valence electrons. The van der Waals surface area contributed by atoms with E-state index in [4.69, 9.17) is 4.74 Å². The zero-order chi connectivity index (χ0) is 20.8. The molecule has 4 aromatic carbocycles. The van der Waals surface area contributed by atoms with E-state index in [0.717, 1.165) is 17.9 Å². The molecule has 6 rings (SSSR count). The van der Waals surface area contributed by atoms with Gasteiger partial charge in [-0.3, -0.25) is 4.79 Å². The lowest BCUT2D eigenvalue weighted by Crippen LogP contribution is -2.20. The van der Waals surface area contributed by atoms with Gasteiger partial charge in [-0.15, -0.1) is 0 Å². The Balaban J connectivity index is 1.26. The smallest absolute Gasteiger partial charge is 0.228 e. The number of fused-ring (bicyclic) bond motifs is 5. The van der Waals surface area contributed by atoms with Gasteiger partial charge in [0.2, 0.25) is 5.91 Å². The Kier molecular flexibility index (Phi) is 3.97. The molecule has 0 radical (unpaired) electrons. The molecule has 31 heavy (non-hydrogen) atoms. The van der Waals surface area contributed by atoms with E-state index in [9.17, 15) is 4.79 Å². The van der Waals surface area contributed by atoms with Crippen molar-refractivity contribution in [3.8, 4) is 22.6 Å². The first kappa shape index (κ1) is 18.0. The molecular weight excluding hydrogens is 382 g/mol. The number of hydrogen-bond acceptors (Lipinski definition) is 2. The van der Waals surface area contributed by atoms with Gasteiger partial charge in [-0.25, -0.2) is 0 Å². The molecule has 1 spiro atoms. The molecule has 4 aromatic rings. The van der Waals surface area contributed by atoms with Crippen LogP contribution in [0.2, 0.25) is 0 Å². The van der Waals surface area contributed by atoms with E-state index >= 15 is 0 Å². The zero-order valence-corrected chi connectivity index (χ0v) is 16.9. The predicted molar refractivity (Wildman–Crippen MR) is 122 cm³/mol. The second-order valence-electron chi connectivity index (χ2n) is 8.25. The van der Waals surface area contributed by atoms with E-state index in [1.807, 2.05) is 54.6 Å². The van der Waals surface area contributed by atoms with E-state index < -0.39 is 0 Å². The van der Waals surface area contributed by atoms with E-state index in [1.54, 1.807) is 0 Å². The van der Waals surface area contributed by atoms with Crippen LogP contribution in [-0.4, -0.2) is 5.91 Å². The summed E-state index contributed by atoms with van der Waals surface area (Å²) < 4.78 is 5.91. The maximum absolute atomic E-state index is 13.3. The minimum absolute atomic E-state index is 0.0587. The van der Waals surface area contributed by atoms with Gasteiger partial charge >= 0.3 is 0 Å². The first-order valence-electron chi connectivity index (χ1n) is 10.6. The Morgan fingerprint density at radius 1 is 0.742 bits per heavy atom. The molecule has 1 saturated carbocycles. The molecule has 2 aliphatic carbocycles. The largest absolute Gasteiger partial charge is 0.457 e. The summed E-state index contributed by atoms with van der Waals surface area (Å²) >= 11 is 0. The molecule has 1 fully saturated rings. The maximum atomic E-state index is 13.3. The van der Waals surface area contributed by atoms with Crippen molar-refractivity contribution >= 4 is 11.6 Å². The van der Waals surface area contributed by atoms with Crippen molar-refractivity contribution in [3.63, 3.8) is 0 Å². The summed E-state index contributed by atoms with van der Waals surface area (Å²) in [7, 11) is 0. The fourth-order valence-corrected chi connectivity index (χ4v) is 5.03. The molecular formula is C28H21NO2. The van der Waals surface area contributed by atoms with Crippen LogP contribution in [0.1, 0.15) is 17.5 Å². The molecule has 0 heterocycles. The topological polar surface area (TPSA) is 38.3 Å². The Labute approximate surface area is 181 Å². The number of carbonyl (C=O) groups is 1. The third kappa shape index (κ3) is 2.85. The SMILES string of the molecule is O=C(Nc1cccc(Oc2ccccc2)c1)C1CC12c1ccccc1-c1ccccc12. The molecule has 1 amide bonds. The van der Waals surface area contributed by atoms with Crippen molar-refractivity contribution < 1.29 is 9.53 Å². The van der Waals surface area contributed by atoms with Crippen LogP contribution in [0.5, 0.6) is 11.5 Å². The summed E-state index contributed by atoms with van der Waals surface area (Å²) in [6.45, 7) is 0. The third-order valence-electron chi connectivity index (χ3n) is 6.46. The monoisotopic (exact) mass is 403 g/mol. The van der Waals surface area contributed by atoms with Crippen molar-refractivity contribution in [2.24, 2.45) is 5.92 Å². The summed E-state index contributed by atoms with van der Waals surface area (Å²) in [6, 6.07) is 34.2. The molecule has 0 saturated heterocycles. The lowest BCUT2D eigenvalue weighted by atomic mass is 9.90. The van der Waals surface area contributed by atoms with Crippen molar-refractivity contribution in [2.75, 3.05) is 5.32 Å². The summed E-state index contributed by atoms with van der Waals surface area (Å²) in [5, 5.41) is 3.12. The van der Waals surface area contributed by atoms with Crippen LogP contribution in [0.15, 0.2) is 103 Å². The third-order valence-corrected chi connectivity index (χ3v) is 6.46. The van der Waals surface area contributed by atoms with E-state index in [2.05, 4.69) is 53.8 Å². The number of hydrogen-bond donors (Lipinski definition) is 1. The molecule has 3 nitrogen and oxygen atoms in total. The summed E-state index contributed by atoms with van der Waals surface area (Å²) in [4.78, 5) is 13.3. The molecule has 0 aromatic heterocycles. The number of benzene rings is 4. The highest BCUT2D eigenvalue weighted by molar-refractivity contribution is 5.99. The number of para-hydroxylation sites is 1. The Morgan fingerprint density at radius 2 is 1.35 bits per heavy atom. The van der Waals surface area contributed by atoms with Crippen molar-refractivity contribution in [3.05, 3.63) is 114 Å². The maximum Gasteiger partial charge on any atom is 0.228 e. The molecule has 0 aliphatic heterocycles. The van der Waals surface area contributed by atoms with Crippen molar-refractivity contribution in [1.82, 2.24) is 0 Å². The summed E-state index contributed by atoms with van der Waals surface area (Å²) in [5.41, 5.74) is 5.61. The van der Waals surface area contributed by atoms with Crippen LogP contribution >= 0.6 is 0 Å². The summed E-state index contributed by atoms with van der Waals surface area (Å²) in [6.07, 6.45) is 0.840. The second kappa shape index (κ2) is 6.85. The van der Waals surface area contributed by atoms with Crippen LogP contribution in [0.4, 0.5) is 5.69 Å². The number of amides is 1. The number of carbonyl (C=O) groups excluding carboxylic acids is 1. The lowest BCUT2D eigenvalue weighted by molar-refractivity contribution is -0.117. The van der Waals surface area contributed by atoms with E-state index in [1.165, 1.54) is 22.3 Å². The Hall–Kier alpha value is -3.85. The molecule has 1 atom stereocenters. The van der Waals surface area contributed by atoms with Gasteiger partial charge in [-0.1, -0.05) is 72.8 Å². The first-order valence-corrected chi connectivity index (χ1v) is 10.6. The highest BCUT2D eigenvalue weighted by Crippen LogP contribution is 2.66. The Bertz CT molecular complexity index is 1250. The minimum Gasteiger partial charge on any atom is -0.457 e. The van der Waals surface area contributed by atoms with Gasteiger partial charge < -0.3 is 10.1 Å². The highest BCUT2D eigenvalue weighted by atomic mass is 16.5. The van der Waals surface area contributed by atoms with Gasteiger partial charge in [0.25, 0.3) is 0 Å². The number of ether oxygens (including phenoxy) is 1. The highest BCUT2D eigenvalue weighted by Gasteiger charge is 2.63. The fourth-order valence-electron chi connectivity index (χ4n) is 5.03. The first-order chi connectivity index (χ1) is 15.3. The molecule has 1 N–H and O–H groups in total. The van der Waals surface area contributed by atoms with Crippen molar-refractivity contribution in [1.29, 1.82) is 0 Å². The van der Waals surface area contributed by atoms with Gasteiger partial charge in [0.15, 0.2) is 0 Å². The van der Waals surface area contributed by atoms with E-state index in [0.29, 0.717) is 5.75 Å². The standard InChI is InChI=1S/C28H21NO2/c30-27(29-19-9-8-12-21(17-19)31-20-10-2-1-3-11-20)26-18-28(26)24-15-6-4-13-22(24)23-14-5-7-16-25(23)28/h1-17,26H,18H2,(H,29,30). The molecule has 3 heteroatoms. The normalized spacial score (nSPS) is 17.0. The number of anilines is 1. The van der Waals surface area contributed by atoms with Crippen LogP contribution in [0.3, 0.4) is 0 Å². The van der Waals surface area contributed by atoms with Gasteiger partial charge in [-0.2, -0.15) is 0 Å².